The van der Waals surface area contributed by atoms with Gasteiger partial charge in [-0.3, -0.25) is 4.79 Å². The Kier molecular flexibility index (Phi) is 32.8. The van der Waals surface area contributed by atoms with Gasteiger partial charge in [0, 0.05) is 0 Å². The molecule has 0 aromatic rings. The Labute approximate surface area is 119 Å². The number of carbonyl (C=O) groups excluding carboxylic acids is 1. The number of hydrogen-bond donors (Lipinski definition) is 0. The molecule has 0 heterocycles. The van der Waals surface area contributed by atoms with Gasteiger partial charge in [0.2, 0.25) is 0 Å². The number of hydrogen-bond acceptors (Lipinski definition) is 2. The van der Waals surface area contributed by atoms with Crippen molar-refractivity contribution < 1.29 is 9.53 Å². The average molecular weight is 227 g/mol. The fourth-order valence-electron chi connectivity index (χ4n) is 0. The van der Waals surface area contributed by atoms with Gasteiger partial charge in [0.1, 0.15) is 0 Å². The van der Waals surface area contributed by atoms with Gasteiger partial charge in [-0.25, -0.2) is 0 Å². The Bertz CT molecular complexity index is 94.8. The standard InChI is InChI=1S/2C4H9.C2H4NO2.Ca/c2*1-4(2)3;1-5-2(3)4;/h2*1-3H3;1H2,(H2,3,4);/q3*-1;+2/p-1. The first-order valence-corrected chi connectivity index (χ1v) is 3.95. The van der Waals surface area contributed by atoms with Crippen LogP contribution >= 0.6 is 0 Å². The van der Waals surface area contributed by atoms with Gasteiger partial charge in [-0.2, -0.15) is 48.7 Å². The van der Waals surface area contributed by atoms with E-state index in [1.165, 1.54) is 11.8 Å². The Morgan fingerprint density at radius 1 is 1.07 bits per heavy atom. The third-order valence-corrected chi connectivity index (χ3v) is 0.131. The van der Waals surface area contributed by atoms with Crippen LogP contribution < -0.4 is 0 Å². The van der Waals surface area contributed by atoms with Crippen LogP contribution in [0, 0.1) is 18.9 Å². The predicted molar refractivity (Wildman–Crippen MR) is 62.4 cm³/mol. The zero-order chi connectivity index (χ0) is 11.4. The molecular weight excluding hydrogens is 206 g/mol. The zero-order valence-corrected chi connectivity index (χ0v) is 12.4. The summed E-state index contributed by atoms with van der Waals surface area (Å²) in [6.07, 6.45) is -1.11. The van der Waals surface area contributed by atoms with Gasteiger partial charge in [-0.1, -0.05) is 0 Å². The molecule has 1 N–H and O–H groups in total. The molecule has 0 radical (unpaired) electrons. The van der Waals surface area contributed by atoms with Crippen molar-refractivity contribution in [3.05, 3.63) is 24.7 Å². The number of amides is 1. The molecule has 0 aliphatic rings. The molecule has 0 aliphatic heterocycles. The van der Waals surface area contributed by atoms with E-state index in [9.17, 15) is 4.79 Å². The molecule has 4 heteroatoms. The second-order valence-electron chi connectivity index (χ2n) is 3.43. The molecule has 0 saturated heterocycles. The molecule has 0 atom stereocenters. The monoisotopic (exact) mass is 227 g/mol. The summed E-state index contributed by atoms with van der Waals surface area (Å²) in [6, 6.07) is 0. The third-order valence-electron chi connectivity index (χ3n) is 0.131. The van der Waals surface area contributed by atoms with Gasteiger partial charge in [0.15, 0.2) is 6.09 Å². The van der Waals surface area contributed by atoms with Crippen LogP contribution in [0.4, 0.5) is 4.79 Å². The van der Waals surface area contributed by atoms with Gasteiger partial charge in [0.05, 0.1) is 0 Å². The molecule has 0 unspecified atom stereocenters. The minimum absolute atomic E-state index is 0. The summed E-state index contributed by atoms with van der Waals surface area (Å²) >= 11 is 0. The largest absolute Gasteiger partial charge is 2.00 e. The van der Waals surface area contributed by atoms with Crippen LogP contribution in [0.25, 0.3) is 5.73 Å². The van der Waals surface area contributed by atoms with E-state index in [1.54, 1.807) is 0 Å². The van der Waals surface area contributed by atoms with Crippen molar-refractivity contribution >= 4 is 43.8 Å². The SMILES string of the molecule is C[C-](C)C.C[C-](C)C.[CH2-]OC([NH-])=O.[Ca+2]. The van der Waals surface area contributed by atoms with Gasteiger partial charge < -0.3 is 22.3 Å². The van der Waals surface area contributed by atoms with Crippen molar-refractivity contribution in [3.63, 3.8) is 0 Å². The Balaban J connectivity index is -0.0000000522. The Morgan fingerprint density at radius 2 is 1.14 bits per heavy atom. The van der Waals surface area contributed by atoms with E-state index in [-0.39, 0.29) is 37.7 Å². The Morgan fingerprint density at radius 3 is 1.14 bits per heavy atom. The molecule has 3 nitrogen and oxygen atoms in total. The van der Waals surface area contributed by atoms with Crippen LogP contribution in [-0.4, -0.2) is 43.8 Å². The van der Waals surface area contributed by atoms with Crippen molar-refractivity contribution in [2.45, 2.75) is 41.5 Å². The summed E-state index contributed by atoms with van der Waals surface area (Å²) in [5.74, 6) is 2.83. The van der Waals surface area contributed by atoms with Crippen molar-refractivity contribution in [3.8, 4) is 0 Å². The van der Waals surface area contributed by atoms with Crippen LogP contribution in [0.1, 0.15) is 41.5 Å². The number of ether oxygens (including phenoxy) is 1. The summed E-state index contributed by atoms with van der Waals surface area (Å²) in [4.78, 5) is 9.19. The minimum Gasteiger partial charge on any atom is -0.653 e. The molecule has 0 spiro atoms. The van der Waals surface area contributed by atoms with Crippen molar-refractivity contribution in [2.24, 2.45) is 0 Å². The van der Waals surface area contributed by atoms with Crippen molar-refractivity contribution in [1.29, 1.82) is 0 Å². The first-order valence-electron chi connectivity index (χ1n) is 3.95. The maximum absolute atomic E-state index is 9.19. The maximum Gasteiger partial charge on any atom is 2.00 e. The second kappa shape index (κ2) is 19.2. The molecule has 82 valence electrons. The quantitative estimate of drug-likeness (QED) is 0.466. The third kappa shape index (κ3) is 260. The van der Waals surface area contributed by atoms with Crippen molar-refractivity contribution in [1.82, 2.24) is 0 Å². The van der Waals surface area contributed by atoms with E-state index in [0.717, 1.165) is 0 Å². The van der Waals surface area contributed by atoms with Gasteiger partial charge >= 0.3 is 37.7 Å². The summed E-state index contributed by atoms with van der Waals surface area (Å²) in [5.41, 5.74) is 5.90. The summed E-state index contributed by atoms with van der Waals surface area (Å²) in [6.45, 7) is 12.5. The fourth-order valence-corrected chi connectivity index (χ4v) is 0. The topological polar surface area (TPSA) is 50.1 Å². The first-order chi connectivity index (χ1) is 5.73. The van der Waals surface area contributed by atoms with Gasteiger partial charge in [0.25, 0.3) is 0 Å². The van der Waals surface area contributed by atoms with Crippen molar-refractivity contribution in [2.75, 3.05) is 0 Å². The van der Waals surface area contributed by atoms with Crippen LogP contribution in [-0.2, 0) is 4.74 Å². The second-order valence-corrected chi connectivity index (χ2v) is 3.43. The number of nitrogens with one attached hydrogen (secondary N) is 1. The molecule has 0 saturated carbocycles. The van der Waals surface area contributed by atoms with Crippen LogP contribution in [0.2, 0.25) is 0 Å². The minimum atomic E-state index is -1.11. The number of rotatable bonds is 0. The van der Waals surface area contributed by atoms with Gasteiger partial charge in [-0.15, -0.1) is 0 Å². The maximum atomic E-state index is 9.19. The smallest absolute Gasteiger partial charge is 0.653 e. The molecule has 0 bridgehead atoms. The molecule has 0 aromatic heterocycles. The van der Waals surface area contributed by atoms with E-state index >= 15 is 0 Å². The first kappa shape index (κ1) is 24.0. The van der Waals surface area contributed by atoms with E-state index in [1.807, 2.05) is 0 Å². The number of carbonyl (C=O) groups is 1. The molecule has 0 fully saturated rings. The summed E-state index contributed by atoms with van der Waals surface area (Å²) in [7, 11) is 2.65. The fraction of sp³-hybridized carbons (Fsp3) is 0.600. The zero-order valence-electron chi connectivity index (χ0n) is 10.2. The predicted octanol–water partition coefficient (Wildman–Crippen LogP) is 3.83. The van der Waals surface area contributed by atoms with Gasteiger partial charge in [-0.05, 0) is 0 Å². The average Bonchev–Trinajstić information content (AvgIpc) is 1.84. The van der Waals surface area contributed by atoms with Crippen LogP contribution in [0.3, 0.4) is 0 Å². The van der Waals surface area contributed by atoms with E-state index in [2.05, 4.69) is 53.4 Å². The molecule has 0 aromatic carbocycles. The molecule has 0 aliphatic carbocycles. The Hall–Kier alpha value is 0.530. The van der Waals surface area contributed by atoms with Crippen LogP contribution in [0.15, 0.2) is 0 Å². The van der Waals surface area contributed by atoms with Crippen LogP contribution in [0.5, 0.6) is 0 Å². The summed E-state index contributed by atoms with van der Waals surface area (Å²) < 4.78 is 3.53. The van der Waals surface area contributed by atoms with E-state index < -0.39 is 6.09 Å². The molecule has 1 amide bonds. The normalized spacial score (nSPS) is 7.50. The summed E-state index contributed by atoms with van der Waals surface area (Å²) in [5, 5.41) is 0. The van der Waals surface area contributed by atoms with E-state index in [4.69, 9.17) is 5.73 Å². The molecule has 0 rings (SSSR count). The molecular formula is C10H21CaNO2-2. The molecule has 14 heavy (non-hydrogen) atoms. The van der Waals surface area contributed by atoms with E-state index in [0.29, 0.717) is 0 Å².